The molecule has 110 valence electrons. The van der Waals surface area contributed by atoms with Crippen LogP contribution >= 0.6 is 0 Å². The number of hydrogen-bond acceptors (Lipinski definition) is 3. The van der Waals surface area contributed by atoms with E-state index in [9.17, 15) is 4.79 Å². The molecule has 1 aliphatic heterocycles. The average Bonchev–Trinajstić information content (AvgIpc) is 2.35. The molecule has 0 spiro atoms. The van der Waals surface area contributed by atoms with Gasteiger partial charge in [-0.05, 0) is 51.5 Å². The number of ether oxygens (including phenoxy) is 1. The second-order valence-electron chi connectivity index (χ2n) is 6.15. The van der Waals surface area contributed by atoms with Crippen LogP contribution in [0.4, 0.5) is 5.69 Å². The third-order valence-electron chi connectivity index (χ3n) is 3.60. The summed E-state index contributed by atoms with van der Waals surface area (Å²) in [5.41, 5.74) is 2.59. The van der Waals surface area contributed by atoms with Gasteiger partial charge in [-0.2, -0.15) is 0 Å². The first-order valence-electron chi connectivity index (χ1n) is 7.08. The van der Waals surface area contributed by atoms with E-state index in [1.165, 1.54) is 0 Å². The van der Waals surface area contributed by atoms with Gasteiger partial charge in [0.1, 0.15) is 0 Å². The van der Waals surface area contributed by atoms with E-state index in [0.717, 1.165) is 16.8 Å². The van der Waals surface area contributed by atoms with E-state index in [1.807, 2.05) is 57.8 Å². The topological polar surface area (TPSA) is 41.6 Å². The zero-order valence-corrected chi connectivity index (χ0v) is 13.0. The van der Waals surface area contributed by atoms with Crippen LogP contribution in [-0.4, -0.2) is 42.6 Å². The smallest absolute Gasteiger partial charge is 0.254 e. The predicted molar refractivity (Wildman–Crippen MR) is 81.3 cm³/mol. The molecule has 0 saturated carbocycles. The van der Waals surface area contributed by atoms with Crippen LogP contribution in [-0.2, 0) is 4.74 Å². The van der Waals surface area contributed by atoms with Crippen LogP contribution in [0.15, 0.2) is 18.2 Å². The number of amides is 1. The molecule has 1 atom stereocenters. The molecular weight excluding hydrogens is 252 g/mol. The van der Waals surface area contributed by atoms with Gasteiger partial charge in [0.15, 0.2) is 0 Å². The molecule has 2 rings (SSSR count). The quantitative estimate of drug-likeness (QED) is 0.903. The maximum absolute atomic E-state index is 12.6. The van der Waals surface area contributed by atoms with Crippen molar-refractivity contribution in [1.29, 1.82) is 0 Å². The second kappa shape index (κ2) is 5.44. The van der Waals surface area contributed by atoms with Crippen molar-refractivity contribution in [1.82, 2.24) is 4.90 Å². The van der Waals surface area contributed by atoms with E-state index >= 15 is 0 Å². The molecule has 0 radical (unpaired) electrons. The zero-order chi connectivity index (χ0) is 14.9. The standard InChI is InChI=1S/C16H24N2O2/c1-11-8-13(6-7-14(11)17-5)15(19)18-9-12(2)20-16(3,4)10-18/h6-8,12,17H,9-10H2,1-5H3. The monoisotopic (exact) mass is 276 g/mol. The van der Waals surface area contributed by atoms with Gasteiger partial charge in [0.05, 0.1) is 11.7 Å². The maximum atomic E-state index is 12.6. The summed E-state index contributed by atoms with van der Waals surface area (Å²) < 4.78 is 5.85. The number of carbonyl (C=O) groups is 1. The Morgan fingerprint density at radius 1 is 1.45 bits per heavy atom. The van der Waals surface area contributed by atoms with Gasteiger partial charge in [0.2, 0.25) is 0 Å². The number of hydrogen-bond donors (Lipinski definition) is 1. The molecule has 0 aromatic heterocycles. The van der Waals surface area contributed by atoms with Crippen molar-refractivity contribution < 1.29 is 9.53 Å². The van der Waals surface area contributed by atoms with Crippen molar-refractivity contribution in [3.05, 3.63) is 29.3 Å². The Hall–Kier alpha value is -1.55. The molecule has 1 heterocycles. The van der Waals surface area contributed by atoms with E-state index < -0.39 is 0 Å². The lowest BCUT2D eigenvalue weighted by atomic mass is 10.0. The number of benzene rings is 1. The van der Waals surface area contributed by atoms with Gasteiger partial charge in [-0.25, -0.2) is 0 Å². The maximum Gasteiger partial charge on any atom is 0.254 e. The first kappa shape index (κ1) is 14.9. The molecule has 1 unspecified atom stereocenters. The highest BCUT2D eigenvalue weighted by atomic mass is 16.5. The summed E-state index contributed by atoms with van der Waals surface area (Å²) >= 11 is 0. The summed E-state index contributed by atoms with van der Waals surface area (Å²) in [5, 5.41) is 3.12. The van der Waals surface area contributed by atoms with E-state index in [1.54, 1.807) is 0 Å². The minimum Gasteiger partial charge on any atom is -0.388 e. The molecule has 1 aromatic rings. The Kier molecular flexibility index (Phi) is 4.04. The SMILES string of the molecule is CNc1ccc(C(=O)N2CC(C)OC(C)(C)C2)cc1C. The van der Waals surface area contributed by atoms with Crippen LogP contribution < -0.4 is 5.32 Å². The summed E-state index contributed by atoms with van der Waals surface area (Å²) in [4.78, 5) is 14.5. The van der Waals surface area contributed by atoms with Gasteiger partial charge in [-0.15, -0.1) is 0 Å². The minimum atomic E-state index is -0.284. The number of aryl methyl sites for hydroxylation is 1. The number of anilines is 1. The summed E-state index contributed by atoms with van der Waals surface area (Å²) in [6.07, 6.45) is 0.0698. The van der Waals surface area contributed by atoms with Crippen LogP contribution in [0.5, 0.6) is 0 Å². The largest absolute Gasteiger partial charge is 0.388 e. The predicted octanol–water partition coefficient (Wildman–Crippen LogP) is 2.68. The van der Waals surface area contributed by atoms with Gasteiger partial charge in [-0.1, -0.05) is 0 Å². The molecule has 1 N–H and O–H groups in total. The second-order valence-corrected chi connectivity index (χ2v) is 6.15. The number of carbonyl (C=O) groups excluding carboxylic acids is 1. The Bertz CT molecular complexity index is 511. The Labute approximate surface area is 121 Å². The van der Waals surface area contributed by atoms with Crippen molar-refractivity contribution in [3.63, 3.8) is 0 Å². The number of nitrogens with zero attached hydrogens (tertiary/aromatic N) is 1. The Balaban J connectivity index is 2.20. The molecule has 0 aliphatic carbocycles. The average molecular weight is 276 g/mol. The third-order valence-corrected chi connectivity index (χ3v) is 3.60. The highest BCUT2D eigenvalue weighted by molar-refractivity contribution is 5.95. The van der Waals surface area contributed by atoms with Gasteiger partial charge in [0.25, 0.3) is 5.91 Å². The zero-order valence-electron chi connectivity index (χ0n) is 13.0. The third kappa shape index (κ3) is 3.12. The molecule has 0 bridgehead atoms. The van der Waals surface area contributed by atoms with Crippen molar-refractivity contribution >= 4 is 11.6 Å². The van der Waals surface area contributed by atoms with E-state index in [0.29, 0.717) is 13.1 Å². The Morgan fingerprint density at radius 3 is 2.70 bits per heavy atom. The molecule has 1 aromatic carbocycles. The van der Waals surface area contributed by atoms with Gasteiger partial charge >= 0.3 is 0 Å². The fourth-order valence-electron chi connectivity index (χ4n) is 2.87. The molecule has 20 heavy (non-hydrogen) atoms. The van der Waals surface area contributed by atoms with Crippen molar-refractivity contribution in [2.75, 3.05) is 25.5 Å². The molecular formula is C16H24N2O2. The van der Waals surface area contributed by atoms with E-state index in [4.69, 9.17) is 4.74 Å². The minimum absolute atomic E-state index is 0.0698. The summed E-state index contributed by atoms with van der Waals surface area (Å²) in [7, 11) is 1.88. The van der Waals surface area contributed by atoms with Crippen LogP contribution in [0.1, 0.15) is 36.7 Å². The first-order chi connectivity index (χ1) is 9.32. The summed E-state index contributed by atoms with van der Waals surface area (Å²) in [5.74, 6) is 0.0824. The lowest BCUT2D eigenvalue weighted by Gasteiger charge is -2.41. The fourth-order valence-corrected chi connectivity index (χ4v) is 2.87. The van der Waals surface area contributed by atoms with Crippen LogP contribution in [0.3, 0.4) is 0 Å². The summed E-state index contributed by atoms with van der Waals surface area (Å²) in [6.45, 7) is 9.35. The van der Waals surface area contributed by atoms with E-state index in [-0.39, 0.29) is 17.6 Å². The van der Waals surface area contributed by atoms with Crippen molar-refractivity contribution in [2.45, 2.75) is 39.4 Å². The summed E-state index contributed by atoms with van der Waals surface area (Å²) in [6, 6.07) is 5.78. The lowest BCUT2D eigenvalue weighted by molar-refractivity contribution is -0.118. The van der Waals surface area contributed by atoms with Crippen LogP contribution in [0, 0.1) is 6.92 Å². The normalized spacial score (nSPS) is 21.6. The van der Waals surface area contributed by atoms with Crippen LogP contribution in [0.25, 0.3) is 0 Å². The molecule has 4 heteroatoms. The highest BCUT2D eigenvalue weighted by Crippen LogP contribution is 2.23. The molecule has 1 aliphatic rings. The fraction of sp³-hybridized carbons (Fsp3) is 0.562. The van der Waals surface area contributed by atoms with Crippen LogP contribution in [0.2, 0.25) is 0 Å². The van der Waals surface area contributed by atoms with Gasteiger partial charge in [-0.3, -0.25) is 4.79 Å². The van der Waals surface area contributed by atoms with Crippen molar-refractivity contribution in [3.8, 4) is 0 Å². The first-order valence-corrected chi connectivity index (χ1v) is 7.08. The van der Waals surface area contributed by atoms with E-state index in [2.05, 4.69) is 5.32 Å². The molecule has 1 fully saturated rings. The molecule has 1 saturated heterocycles. The van der Waals surface area contributed by atoms with Crippen molar-refractivity contribution in [2.24, 2.45) is 0 Å². The molecule has 4 nitrogen and oxygen atoms in total. The number of morpholine rings is 1. The Morgan fingerprint density at radius 2 is 2.15 bits per heavy atom. The number of rotatable bonds is 2. The lowest BCUT2D eigenvalue weighted by Crippen LogP contribution is -2.53. The molecule has 1 amide bonds. The number of nitrogens with one attached hydrogen (secondary N) is 1. The highest BCUT2D eigenvalue weighted by Gasteiger charge is 2.34. The van der Waals surface area contributed by atoms with Gasteiger partial charge < -0.3 is 15.0 Å². The van der Waals surface area contributed by atoms with Gasteiger partial charge in [0, 0.05) is 31.4 Å².